The molecule has 1 aromatic heterocycles. The summed E-state index contributed by atoms with van der Waals surface area (Å²) in [6.45, 7) is 0.331. The molecule has 1 fully saturated rings. The monoisotopic (exact) mass is 319 g/mol. The van der Waals surface area contributed by atoms with Crippen LogP contribution in [0.15, 0.2) is 12.4 Å². The first-order chi connectivity index (χ1) is 10.2. The van der Waals surface area contributed by atoms with Crippen LogP contribution in [0.2, 0.25) is 0 Å². The molecule has 1 aliphatic rings. The summed E-state index contributed by atoms with van der Waals surface area (Å²) >= 11 is 0. The summed E-state index contributed by atoms with van der Waals surface area (Å²) in [5.74, 6) is -0.868. The first-order valence-corrected chi connectivity index (χ1v) is 7.27. The second kappa shape index (κ2) is 6.28. The minimum Gasteiger partial charge on any atom is -0.374 e. The molecule has 0 aromatic carbocycles. The van der Waals surface area contributed by atoms with Crippen molar-refractivity contribution in [1.82, 2.24) is 14.9 Å². The predicted octanol–water partition coefficient (Wildman–Crippen LogP) is 1.87. The van der Waals surface area contributed by atoms with Crippen molar-refractivity contribution in [3.05, 3.63) is 18.2 Å². The second-order valence-electron chi connectivity index (χ2n) is 5.83. The van der Waals surface area contributed by atoms with Crippen LogP contribution in [0.25, 0.3) is 0 Å². The number of aryl methyl sites for hydroxylation is 1. The molecule has 2 N–H and O–H groups in total. The minimum absolute atomic E-state index is 0.331. The van der Waals surface area contributed by atoms with Crippen molar-refractivity contribution in [2.45, 2.75) is 43.9 Å². The number of hydrogen-bond acceptors (Lipinski definition) is 3. The van der Waals surface area contributed by atoms with Gasteiger partial charge in [-0.25, -0.2) is 4.98 Å². The lowest BCUT2D eigenvalue weighted by molar-refractivity contribution is -0.271. The van der Waals surface area contributed by atoms with E-state index < -0.39 is 29.9 Å². The van der Waals surface area contributed by atoms with Gasteiger partial charge in [-0.1, -0.05) is 19.3 Å². The lowest BCUT2D eigenvalue weighted by Crippen LogP contribution is -2.48. The molecule has 1 aliphatic carbocycles. The molecule has 1 unspecified atom stereocenters. The van der Waals surface area contributed by atoms with Crippen LogP contribution >= 0.6 is 0 Å². The topological polar surface area (TPSA) is 67.1 Å². The van der Waals surface area contributed by atoms with Crippen molar-refractivity contribution >= 4 is 5.91 Å². The third-order valence-electron chi connectivity index (χ3n) is 4.18. The van der Waals surface area contributed by atoms with Crippen LogP contribution in [-0.2, 0) is 17.4 Å². The fourth-order valence-corrected chi connectivity index (χ4v) is 2.56. The first kappa shape index (κ1) is 16.8. The van der Waals surface area contributed by atoms with E-state index in [9.17, 15) is 23.1 Å². The minimum atomic E-state index is -4.99. The average Bonchev–Trinajstić information content (AvgIpc) is 2.77. The summed E-state index contributed by atoms with van der Waals surface area (Å²) in [5.41, 5.74) is -3.29. The summed E-state index contributed by atoms with van der Waals surface area (Å²) in [5, 5.41) is 12.5. The van der Waals surface area contributed by atoms with E-state index in [0.717, 1.165) is 30.0 Å². The van der Waals surface area contributed by atoms with Crippen LogP contribution in [0.3, 0.4) is 0 Å². The van der Waals surface area contributed by atoms with Crippen LogP contribution in [0, 0.1) is 5.92 Å². The highest BCUT2D eigenvalue weighted by molar-refractivity contribution is 5.77. The highest BCUT2D eigenvalue weighted by Gasteiger charge is 2.58. The molecule has 0 spiro atoms. The van der Waals surface area contributed by atoms with E-state index in [1.54, 1.807) is 0 Å². The molecule has 0 bridgehead atoms. The number of carbonyl (C=O) groups excluding carboxylic acids is 1. The number of nitrogens with one attached hydrogen (secondary N) is 1. The van der Waals surface area contributed by atoms with Gasteiger partial charge in [0.2, 0.25) is 11.5 Å². The maximum Gasteiger partial charge on any atom is 0.425 e. The van der Waals surface area contributed by atoms with Crippen molar-refractivity contribution in [3.63, 3.8) is 0 Å². The van der Waals surface area contributed by atoms with Crippen LogP contribution in [0.1, 0.15) is 37.9 Å². The van der Waals surface area contributed by atoms with Gasteiger partial charge in [0.1, 0.15) is 0 Å². The van der Waals surface area contributed by atoms with Crippen molar-refractivity contribution < 1.29 is 23.1 Å². The Kier molecular flexibility index (Phi) is 4.79. The zero-order chi connectivity index (χ0) is 16.4. The molecule has 1 aromatic rings. The van der Waals surface area contributed by atoms with Gasteiger partial charge in [0.25, 0.3) is 0 Å². The van der Waals surface area contributed by atoms with Gasteiger partial charge in [-0.3, -0.25) is 4.79 Å². The molecule has 2 rings (SSSR count). The fourth-order valence-electron chi connectivity index (χ4n) is 2.56. The fraction of sp³-hybridized carbons (Fsp3) is 0.714. The molecule has 1 heterocycles. The summed E-state index contributed by atoms with van der Waals surface area (Å²) in [6.07, 6.45) is 0.514. The molecule has 22 heavy (non-hydrogen) atoms. The number of aromatic nitrogens is 2. The van der Waals surface area contributed by atoms with Gasteiger partial charge in [0, 0.05) is 26.0 Å². The third-order valence-corrected chi connectivity index (χ3v) is 4.18. The van der Waals surface area contributed by atoms with Gasteiger partial charge in [0.15, 0.2) is 5.82 Å². The molecule has 124 valence electrons. The van der Waals surface area contributed by atoms with Crippen molar-refractivity contribution in [2.24, 2.45) is 13.0 Å². The number of rotatable bonds is 6. The lowest BCUT2D eigenvalue weighted by atomic mass is 9.83. The number of nitrogens with zero attached hydrogens (tertiary/aromatic N) is 2. The Morgan fingerprint density at radius 3 is 2.64 bits per heavy atom. The highest BCUT2D eigenvalue weighted by Crippen LogP contribution is 2.40. The Hall–Kier alpha value is -1.57. The highest BCUT2D eigenvalue weighted by atomic mass is 19.4. The van der Waals surface area contributed by atoms with E-state index >= 15 is 0 Å². The van der Waals surface area contributed by atoms with Gasteiger partial charge in [-0.05, 0) is 12.3 Å². The maximum atomic E-state index is 13.2. The zero-order valence-corrected chi connectivity index (χ0v) is 12.4. The molecule has 0 radical (unpaired) electrons. The Labute approximate surface area is 126 Å². The molecule has 8 heteroatoms. The Balaban J connectivity index is 2.00. The van der Waals surface area contributed by atoms with E-state index in [2.05, 4.69) is 10.3 Å². The van der Waals surface area contributed by atoms with Crippen LogP contribution < -0.4 is 5.32 Å². The Morgan fingerprint density at radius 1 is 1.50 bits per heavy atom. The molecular weight excluding hydrogens is 299 g/mol. The zero-order valence-electron chi connectivity index (χ0n) is 12.4. The predicted molar refractivity (Wildman–Crippen MR) is 72.7 cm³/mol. The smallest absolute Gasteiger partial charge is 0.374 e. The van der Waals surface area contributed by atoms with Gasteiger partial charge in [-0.2, -0.15) is 13.2 Å². The number of hydrogen-bond donors (Lipinski definition) is 2. The van der Waals surface area contributed by atoms with Crippen molar-refractivity contribution in [2.75, 3.05) is 6.54 Å². The van der Waals surface area contributed by atoms with E-state index in [1.165, 1.54) is 19.7 Å². The SMILES string of the molecule is Cn1ccnc1C(O)(CC(=O)NCCC1CCC1)C(F)(F)F. The molecular formula is C14H20F3N3O2. The van der Waals surface area contributed by atoms with Crippen molar-refractivity contribution in [3.8, 4) is 0 Å². The average molecular weight is 319 g/mol. The summed E-state index contributed by atoms with van der Waals surface area (Å²) in [7, 11) is 1.34. The van der Waals surface area contributed by atoms with Crippen LogP contribution in [-0.4, -0.2) is 33.3 Å². The van der Waals surface area contributed by atoms with Gasteiger partial charge in [-0.15, -0.1) is 0 Å². The van der Waals surface area contributed by atoms with Crippen LogP contribution in [0.4, 0.5) is 13.2 Å². The quantitative estimate of drug-likeness (QED) is 0.841. The maximum absolute atomic E-state index is 13.2. The number of alkyl halides is 3. The Morgan fingerprint density at radius 2 is 2.18 bits per heavy atom. The van der Waals surface area contributed by atoms with Crippen molar-refractivity contribution in [1.29, 1.82) is 0 Å². The first-order valence-electron chi connectivity index (χ1n) is 7.27. The van der Waals surface area contributed by atoms with E-state index in [-0.39, 0.29) is 0 Å². The summed E-state index contributed by atoms with van der Waals surface area (Å²) in [6, 6.07) is 0. The molecule has 0 aliphatic heterocycles. The Bertz CT molecular complexity index is 526. The molecule has 5 nitrogen and oxygen atoms in total. The van der Waals surface area contributed by atoms with Crippen LogP contribution in [0.5, 0.6) is 0 Å². The summed E-state index contributed by atoms with van der Waals surface area (Å²) < 4.78 is 40.8. The van der Waals surface area contributed by atoms with Gasteiger partial charge in [0.05, 0.1) is 6.42 Å². The number of amides is 1. The van der Waals surface area contributed by atoms with Gasteiger partial charge < -0.3 is 15.0 Å². The van der Waals surface area contributed by atoms with E-state index in [4.69, 9.17) is 0 Å². The normalized spacial score (nSPS) is 18.6. The van der Waals surface area contributed by atoms with Gasteiger partial charge >= 0.3 is 6.18 Å². The molecule has 1 amide bonds. The number of aliphatic hydroxyl groups is 1. The molecule has 1 atom stereocenters. The lowest BCUT2D eigenvalue weighted by Gasteiger charge is -2.29. The van der Waals surface area contributed by atoms with E-state index in [0.29, 0.717) is 12.5 Å². The number of carbonyl (C=O) groups is 1. The summed E-state index contributed by atoms with van der Waals surface area (Å²) in [4.78, 5) is 15.3. The largest absolute Gasteiger partial charge is 0.425 e. The second-order valence-corrected chi connectivity index (χ2v) is 5.83. The molecule has 1 saturated carbocycles. The third kappa shape index (κ3) is 3.43. The number of halogens is 3. The molecule has 0 saturated heterocycles. The number of imidazole rings is 1. The van der Waals surface area contributed by atoms with E-state index in [1.807, 2.05) is 0 Å². The standard InChI is InChI=1S/C14H20F3N3O2/c1-20-8-7-19-12(20)13(22,14(15,16)17)9-11(21)18-6-5-10-3-2-4-10/h7-8,10,22H,2-6,9H2,1H3,(H,18,21).